The van der Waals surface area contributed by atoms with Crippen LogP contribution in [0.2, 0.25) is 0 Å². The lowest BCUT2D eigenvalue weighted by Gasteiger charge is -2.18. The van der Waals surface area contributed by atoms with E-state index in [1.807, 2.05) is 31.2 Å². The minimum atomic E-state index is -0.635. The number of anilines is 1. The fourth-order valence-corrected chi connectivity index (χ4v) is 2.26. The third kappa shape index (κ3) is 3.37. The summed E-state index contributed by atoms with van der Waals surface area (Å²) in [6.45, 7) is 1.97. The lowest BCUT2D eigenvalue weighted by Crippen LogP contribution is -2.18. The van der Waals surface area contributed by atoms with Gasteiger partial charge in [0.25, 0.3) is 0 Å². The molecule has 0 unspecified atom stereocenters. The van der Waals surface area contributed by atoms with Gasteiger partial charge < -0.3 is 14.4 Å². The van der Waals surface area contributed by atoms with E-state index in [0.29, 0.717) is 11.5 Å². The highest BCUT2D eigenvalue weighted by molar-refractivity contribution is 6.07. The molecule has 0 aliphatic rings. The molecule has 0 saturated carbocycles. The highest BCUT2D eigenvalue weighted by atomic mass is 16.5. The number of aromatic nitrogens is 1. The fourth-order valence-electron chi connectivity index (χ4n) is 2.26. The Bertz CT molecular complexity index is 767. The van der Waals surface area contributed by atoms with Crippen LogP contribution < -0.4 is 4.90 Å². The lowest BCUT2D eigenvalue weighted by molar-refractivity contribution is 0.0555. The number of benzene rings is 1. The molecule has 0 spiro atoms. The second-order valence-corrected chi connectivity index (χ2v) is 5.50. The molecule has 0 radical (unpaired) electrons. The number of aryl methyl sites for hydroxylation is 1. The van der Waals surface area contributed by atoms with Gasteiger partial charge in [-0.2, -0.15) is 0 Å². The fraction of sp³-hybridized carbons (Fsp3) is 0.278. The van der Waals surface area contributed by atoms with Crippen LogP contribution in [0.25, 0.3) is 11.3 Å². The maximum atomic E-state index is 12.3. The number of nitrogens with zero attached hydrogens (tertiary/aromatic N) is 2. The first-order valence-electron chi connectivity index (χ1n) is 7.35. The largest absolute Gasteiger partial charge is 0.465 e. The van der Waals surface area contributed by atoms with Crippen molar-refractivity contribution in [3.63, 3.8) is 0 Å². The van der Waals surface area contributed by atoms with E-state index in [0.717, 1.165) is 11.1 Å². The van der Waals surface area contributed by atoms with Crippen LogP contribution in [0.1, 0.15) is 26.3 Å². The van der Waals surface area contributed by atoms with E-state index in [-0.39, 0.29) is 11.1 Å². The highest BCUT2D eigenvalue weighted by Crippen LogP contribution is 2.29. The molecular formula is C18H20N2O4. The average Bonchev–Trinajstić information content (AvgIpc) is 2.59. The summed E-state index contributed by atoms with van der Waals surface area (Å²) in [7, 11) is 6.15. The summed E-state index contributed by atoms with van der Waals surface area (Å²) in [5.41, 5.74) is 2.40. The quantitative estimate of drug-likeness (QED) is 0.804. The van der Waals surface area contributed by atoms with Crippen molar-refractivity contribution in [3.05, 3.63) is 47.0 Å². The molecule has 1 heterocycles. The molecule has 2 aromatic rings. The van der Waals surface area contributed by atoms with E-state index in [1.165, 1.54) is 20.3 Å². The zero-order valence-electron chi connectivity index (χ0n) is 14.4. The molecule has 24 heavy (non-hydrogen) atoms. The zero-order valence-corrected chi connectivity index (χ0v) is 14.4. The van der Waals surface area contributed by atoms with Crippen LogP contribution in [0.15, 0.2) is 30.3 Å². The van der Waals surface area contributed by atoms with Crippen LogP contribution >= 0.6 is 0 Å². The molecule has 0 fully saturated rings. The summed E-state index contributed by atoms with van der Waals surface area (Å²) in [6, 6.07) is 9.06. The van der Waals surface area contributed by atoms with E-state index in [1.54, 1.807) is 19.0 Å². The first-order chi connectivity index (χ1) is 11.4. The third-order valence-electron chi connectivity index (χ3n) is 3.58. The number of methoxy groups -OCH3 is 2. The number of pyridine rings is 1. The van der Waals surface area contributed by atoms with Gasteiger partial charge in [-0.05, 0) is 13.0 Å². The maximum Gasteiger partial charge on any atom is 0.340 e. The van der Waals surface area contributed by atoms with Gasteiger partial charge in [0, 0.05) is 19.7 Å². The molecule has 6 heteroatoms. The molecule has 0 amide bonds. The molecule has 0 aliphatic carbocycles. The molecule has 0 bridgehead atoms. The minimum absolute atomic E-state index is 0.0961. The van der Waals surface area contributed by atoms with Crippen LogP contribution in [-0.4, -0.2) is 45.2 Å². The lowest BCUT2D eigenvalue weighted by atomic mass is 9.99. The Kier molecular flexibility index (Phi) is 5.18. The number of rotatable bonds is 4. The number of hydrogen-bond donors (Lipinski definition) is 0. The summed E-state index contributed by atoms with van der Waals surface area (Å²) in [6.07, 6.45) is 0. The molecule has 0 saturated heterocycles. The Morgan fingerprint density at radius 2 is 1.58 bits per heavy atom. The van der Waals surface area contributed by atoms with Crippen molar-refractivity contribution in [2.75, 3.05) is 33.2 Å². The molecule has 2 rings (SSSR count). The average molecular weight is 328 g/mol. The van der Waals surface area contributed by atoms with E-state index < -0.39 is 11.9 Å². The predicted molar refractivity (Wildman–Crippen MR) is 91.4 cm³/mol. The van der Waals surface area contributed by atoms with Gasteiger partial charge in [0.15, 0.2) is 0 Å². The zero-order chi connectivity index (χ0) is 17.9. The van der Waals surface area contributed by atoms with Gasteiger partial charge in [0.1, 0.15) is 11.4 Å². The molecule has 6 nitrogen and oxygen atoms in total. The van der Waals surface area contributed by atoms with Gasteiger partial charge in [0.05, 0.1) is 25.5 Å². The highest BCUT2D eigenvalue weighted by Gasteiger charge is 2.26. The molecule has 1 aromatic carbocycles. The normalized spacial score (nSPS) is 10.2. The van der Waals surface area contributed by atoms with Crippen molar-refractivity contribution in [1.29, 1.82) is 0 Å². The molecule has 0 N–H and O–H groups in total. The van der Waals surface area contributed by atoms with E-state index in [4.69, 9.17) is 9.47 Å². The Morgan fingerprint density at radius 3 is 2.08 bits per heavy atom. The van der Waals surface area contributed by atoms with Gasteiger partial charge in [-0.15, -0.1) is 0 Å². The molecular weight excluding hydrogens is 308 g/mol. The monoisotopic (exact) mass is 328 g/mol. The molecule has 0 aliphatic heterocycles. The number of carbonyl (C=O) groups is 2. The van der Waals surface area contributed by atoms with Gasteiger partial charge in [-0.25, -0.2) is 14.6 Å². The molecule has 0 atom stereocenters. The van der Waals surface area contributed by atoms with Gasteiger partial charge in [-0.3, -0.25) is 0 Å². The smallest absolute Gasteiger partial charge is 0.340 e. The number of hydrogen-bond acceptors (Lipinski definition) is 6. The van der Waals surface area contributed by atoms with Crippen LogP contribution in [-0.2, 0) is 9.47 Å². The van der Waals surface area contributed by atoms with Gasteiger partial charge in [0.2, 0.25) is 0 Å². The first kappa shape index (κ1) is 17.5. The number of carbonyl (C=O) groups excluding carboxylic acids is 2. The summed E-state index contributed by atoms with van der Waals surface area (Å²) in [5.74, 6) is -0.711. The van der Waals surface area contributed by atoms with Crippen LogP contribution in [0.3, 0.4) is 0 Å². The van der Waals surface area contributed by atoms with Crippen molar-refractivity contribution >= 4 is 17.8 Å². The topological polar surface area (TPSA) is 68.7 Å². The summed E-state index contributed by atoms with van der Waals surface area (Å²) in [4.78, 5) is 30.8. The minimum Gasteiger partial charge on any atom is -0.465 e. The first-order valence-corrected chi connectivity index (χ1v) is 7.35. The SMILES string of the molecule is COC(=O)c1cc(N(C)C)nc(-c2ccc(C)cc2)c1C(=O)OC. The van der Waals surface area contributed by atoms with Crippen molar-refractivity contribution in [2.24, 2.45) is 0 Å². The van der Waals surface area contributed by atoms with Crippen molar-refractivity contribution in [2.45, 2.75) is 6.92 Å². The van der Waals surface area contributed by atoms with E-state index in [2.05, 4.69) is 4.98 Å². The van der Waals surface area contributed by atoms with E-state index in [9.17, 15) is 9.59 Å². The van der Waals surface area contributed by atoms with Crippen molar-refractivity contribution < 1.29 is 19.1 Å². The summed E-state index contributed by atoms with van der Waals surface area (Å²) in [5, 5.41) is 0. The van der Waals surface area contributed by atoms with Crippen molar-refractivity contribution in [1.82, 2.24) is 4.98 Å². The summed E-state index contributed by atoms with van der Waals surface area (Å²) >= 11 is 0. The van der Waals surface area contributed by atoms with Gasteiger partial charge in [-0.1, -0.05) is 29.8 Å². The number of ether oxygens (including phenoxy) is 2. The molecule has 1 aromatic heterocycles. The Hall–Kier alpha value is -2.89. The standard InChI is InChI=1S/C18H20N2O4/c1-11-6-8-12(9-7-11)16-15(18(22)24-5)13(17(21)23-4)10-14(19-16)20(2)3/h6-10H,1-5H3. The number of esters is 2. The second-order valence-electron chi connectivity index (χ2n) is 5.50. The predicted octanol–water partition coefficient (Wildman–Crippen LogP) is 2.70. The van der Waals surface area contributed by atoms with Crippen LogP contribution in [0.4, 0.5) is 5.82 Å². The third-order valence-corrected chi connectivity index (χ3v) is 3.58. The second kappa shape index (κ2) is 7.12. The molecule has 126 valence electrons. The summed E-state index contributed by atoms with van der Waals surface area (Å²) < 4.78 is 9.68. The Labute approximate surface area is 141 Å². The van der Waals surface area contributed by atoms with Crippen molar-refractivity contribution in [3.8, 4) is 11.3 Å². The Morgan fingerprint density at radius 1 is 1.00 bits per heavy atom. The van der Waals surface area contributed by atoms with Gasteiger partial charge >= 0.3 is 11.9 Å². The van der Waals surface area contributed by atoms with Crippen LogP contribution in [0.5, 0.6) is 0 Å². The Balaban J connectivity index is 2.82. The maximum absolute atomic E-state index is 12.3. The van der Waals surface area contributed by atoms with E-state index >= 15 is 0 Å². The van der Waals surface area contributed by atoms with Crippen LogP contribution in [0, 0.1) is 6.92 Å².